The highest BCUT2D eigenvalue weighted by molar-refractivity contribution is 6.31. The van der Waals surface area contributed by atoms with Gasteiger partial charge in [0.05, 0.1) is 12.8 Å². The molecule has 126 valence electrons. The molecular formula is C19H16ClN3O2. The molecule has 25 heavy (non-hydrogen) atoms. The Kier molecular flexibility index (Phi) is 5.16. The fourth-order valence-electron chi connectivity index (χ4n) is 2.28. The molecule has 0 atom stereocenters. The van der Waals surface area contributed by atoms with Gasteiger partial charge in [-0.3, -0.25) is 9.78 Å². The average Bonchev–Trinajstić information content (AvgIpc) is 2.63. The van der Waals surface area contributed by atoms with Crippen LogP contribution in [0.3, 0.4) is 0 Å². The van der Waals surface area contributed by atoms with E-state index in [-0.39, 0.29) is 11.6 Å². The molecule has 6 heteroatoms. The van der Waals surface area contributed by atoms with Gasteiger partial charge in [-0.25, -0.2) is 0 Å². The quantitative estimate of drug-likeness (QED) is 0.695. The molecule has 2 aromatic carbocycles. The summed E-state index contributed by atoms with van der Waals surface area (Å²) >= 11 is 5.99. The van der Waals surface area contributed by atoms with Gasteiger partial charge >= 0.3 is 0 Å². The van der Waals surface area contributed by atoms with Gasteiger partial charge in [0.25, 0.3) is 5.91 Å². The number of anilines is 3. The van der Waals surface area contributed by atoms with Crippen molar-refractivity contribution in [2.75, 3.05) is 17.7 Å². The van der Waals surface area contributed by atoms with E-state index >= 15 is 0 Å². The van der Waals surface area contributed by atoms with Gasteiger partial charge in [-0.1, -0.05) is 29.8 Å². The third-order valence-corrected chi connectivity index (χ3v) is 3.70. The molecule has 1 amide bonds. The zero-order valence-corrected chi connectivity index (χ0v) is 14.2. The number of hydrogen-bond donors (Lipinski definition) is 2. The third kappa shape index (κ3) is 4.28. The first kappa shape index (κ1) is 16.8. The molecule has 0 bridgehead atoms. The highest BCUT2D eigenvalue weighted by Gasteiger charge is 2.12. The van der Waals surface area contributed by atoms with Gasteiger partial charge in [-0.05, 0) is 42.5 Å². The van der Waals surface area contributed by atoms with Gasteiger partial charge in [0.1, 0.15) is 11.4 Å². The molecule has 0 saturated carbocycles. The lowest BCUT2D eigenvalue weighted by Crippen LogP contribution is -2.14. The van der Waals surface area contributed by atoms with E-state index in [1.54, 1.807) is 36.5 Å². The molecule has 5 nitrogen and oxygen atoms in total. The second kappa shape index (κ2) is 7.68. The lowest BCUT2D eigenvalue weighted by atomic mass is 10.2. The molecule has 0 aliphatic rings. The van der Waals surface area contributed by atoms with Crippen molar-refractivity contribution in [1.82, 2.24) is 4.98 Å². The minimum absolute atomic E-state index is 0.281. The summed E-state index contributed by atoms with van der Waals surface area (Å²) in [6, 6.07) is 18.2. The standard InChI is InChI=1S/C19H16ClN3O2/c1-25-18-8-7-13(20)11-16(18)23-19(24)17-12-15(9-10-21-17)22-14-5-3-2-4-6-14/h2-12H,1H3,(H,21,22)(H,23,24). The highest BCUT2D eigenvalue weighted by atomic mass is 35.5. The summed E-state index contributed by atoms with van der Waals surface area (Å²) in [5.74, 6) is 0.175. The molecule has 0 fully saturated rings. The second-order valence-electron chi connectivity index (χ2n) is 5.22. The number of halogens is 1. The molecule has 2 N–H and O–H groups in total. The van der Waals surface area contributed by atoms with Gasteiger partial charge < -0.3 is 15.4 Å². The number of amides is 1. The van der Waals surface area contributed by atoms with Crippen LogP contribution in [0.2, 0.25) is 5.02 Å². The molecule has 3 rings (SSSR count). The number of rotatable bonds is 5. The third-order valence-electron chi connectivity index (χ3n) is 3.46. The number of para-hydroxylation sites is 1. The number of aromatic nitrogens is 1. The molecule has 0 aliphatic heterocycles. The van der Waals surface area contributed by atoms with E-state index in [1.807, 2.05) is 30.3 Å². The lowest BCUT2D eigenvalue weighted by molar-refractivity contribution is 0.102. The van der Waals surface area contributed by atoms with E-state index < -0.39 is 0 Å². The maximum absolute atomic E-state index is 12.5. The Morgan fingerprint density at radius 1 is 1.04 bits per heavy atom. The van der Waals surface area contributed by atoms with Crippen LogP contribution in [0, 0.1) is 0 Å². The molecule has 0 aliphatic carbocycles. The van der Waals surface area contributed by atoms with Crippen molar-refractivity contribution >= 4 is 34.6 Å². The fraction of sp³-hybridized carbons (Fsp3) is 0.0526. The summed E-state index contributed by atoms with van der Waals surface area (Å²) < 4.78 is 5.23. The van der Waals surface area contributed by atoms with Crippen molar-refractivity contribution in [1.29, 1.82) is 0 Å². The second-order valence-corrected chi connectivity index (χ2v) is 5.66. The Labute approximate surface area is 150 Å². The number of ether oxygens (including phenoxy) is 1. The van der Waals surface area contributed by atoms with Gasteiger partial charge in [0, 0.05) is 22.6 Å². The first-order valence-electron chi connectivity index (χ1n) is 7.59. The summed E-state index contributed by atoms with van der Waals surface area (Å²) in [5.41, 5.74) is 2.46. The zero-order chi connectivity index (χ0) is 17.6. The summed E-state index contributed by atoms with van der Waals surface area (Å²) in [6.07, 6.45) is 1.58. The Hall–Kier alpha value is -3.05. The van der Waals surface area contributed by atoms with Gasteiger partial charge in [-0.15, -0.1) is 0 Å². The van der Waals surface area contributed by atoms with E-state index in [0.29, 0.717) is 16.5 Å². The van der Waals surface area contributed by atoms with Crippen LogP contribution in [0.25, 0.3) is 0 Å². The number of carbonyl (C=O) groups excluding carboxylic acids is 1. The van der Waals surface area contributed by atoms with Crippen LogP contribution in [0.5, 0.6) is 5.75 Å². The number of carbonyl (C=O) groups is 1. The summed E-state index contributed by atoms with van der Waals surface area (Å²) in [5, 5.41) is 6.50. The summed E-state index contributed by atoms with van der Waals surface area (Å²) in [7, 11) is 1.53. The summed E-state index contributed by atoms with van der Waals surface area (Å²) in [4.78, 5) is 16.6. The van der Waals surface area contributed by atoms with Crippen molar-refractivity contribution < 1.29 is 9.53 Å². The Morgan fingerprint density at radius 3 is 2.60 bits per heavy atom. The molecular weight excluding hydrogens is 338 g/mol. The first-order valence-corrected chi connectivity index (χ1v) is 7.96. The topological polar surface area (TPSA) is 63.2 Å². The smallest absolute Gasteiger partial charge is 0.274 e. The SMILES string of the molecule is COc1ccc(Cl)cc1NC(=O)c1cc(Nc2ccccc2)ccn1. The maximum atomic E-state index is 12.5. The normalized spacial score (nSPS) is 10.2. The molecule has 3 aromatic rings. The molecule has 1 aromatic heterocycles. The Morgan fingerprint density at radius 2 is 1.84 bits per heavy atom. The maximum Gasteiger partial charge on any atom is 0.274 e. The van der Waals surface area contributed by atoms with Crippen LogP contribution in [-0.2, 0) is 0 Å². The van der Waals surface area contributed by atoms with Crippen LogP contribution >= 0.6 is 11.6 Å². The average molecular weight is 354 g/mol. The number of pyridine rings is 1. The minimum atomic E-state index is -0.350. The number of nitrogens with one attached hydrogen (secondary N) is 2. The van der Waals surface area contributed by atoms with Crippen LogP contribution in [-0.4, -0.2) is 18.0 Å². The van der Waals surface area contributed by atoms with Crippen molar-refractivity contribution in [3.05, 3.63) is 77.6 Å². The van der Waals surface area contributed by atoms with E-state index in [0.717, 1.165) is 11.4 Å². The largest absolute Gasteiger partial charge is 0.495 e. The molecule has 0 spiro atoms. The molecule has 0 unspecified atom stereocenters. The van der Waals surface area contributed by atoms with Gasteiger partial charge in [0.2, 0.25) is 0 Å². The van der Waals surface area contributed by atoms with E-state index in [9.17, 15) is 4.79 Å². The van der Waals surface area contributed by atoms with Crippen molar-refractivity contribution in [2.45, 2.75) is 0 Å². The minimum Gasteiger partial charge on any atom is -0.495 e. The first-order chi connectivity index (χ1) is 12.2. The van der Waals surface area contributed by atoms with Crippen molar-refractivity contribution in [3.63, 3.8) is 0 Å². The van der Waals surface area contributed by atoms with Crippen LogP contribution < -0.4 is 15.4 Å². The van der Waals surface area contributed by atoms with Gasteiger partial charge in [-0.2, -0.15) is 0 Å². The monoisotopic (exact) mass is 353 g/mol. The molecule has 0 radical (unpaired) electrons. The van der Waals surface area contributed by atoms with Crippen LogP contribution in [0.15, 0.2) is 66.9 Å². The number of benzene rings is 2. The van der Waals surface area contributed by atoms with Crippen molar-refractivity contribution in [2.24, 2.45) is 0 Å². The lowest BCUT2D eigenvalue weighted by Gasteiger charge is -2.11. The van der Waals surface area contributed by atoms with Crippen LogP contribution in [0.4, 0.5) is 17.1 Å². The molecule has 1 heterocycles. The predicted molar refractivity (Wildman–Crippen MR) is 99.9 cm³/mol. The Balaban J connectivity index is 1.79. The molecule has 0 saturated heterocycles. The number of methoxy groups -OCH3 is 1. The zero-order valence-electron chi connectivity index (χ0n) is 13.5. The Bertz CT molecular complexity index is 885. The van der Waals surface area contributed by atoms with E-state index in [4.69, 9.17) is 16.3 Å². The van der Waals surface area contributed by atoms with Crippen LogP contribution in [0.1, 0.15) is 10.5 Å². The predicted octanol–water partition coefficient (Wildman–Crippen LogP) is 4.74. The van der Waals surface area contributed by atoms with Gasteiger partial charge in [0.15, 0.2) is 0 Å². The fourth-order valence-corrected chi connectivity index (χ4v) is 2.46. The number of nitrogens with zero attached hydrogens (tertiary/aromatic N) is 1. The van der Waals surface area contributed by atoms with E-state index in [1.165, 1.54) is 7.11 Å². The number of hydrogen-bond acceptors (Lipinski definition) is 4. The van der Waals surface area contributed by atoms with E-state index in [2.05, 4.69) is 15.6 Å². The van der Waals surface area contributed by atoms with Crippen molar-refractivity contribution in [3.8, 4) is 5.75 Å². The summed E-state index contributed by atoms with van der Waals surface area (Å²) in [6.45, 7) is 0. The highest BCUT2D eigenvalue weighted by Crippen LogP contribution is 2.28.